The van der Waals surface area contributed by atoms with Gasteiger partial charge in [-0.25, -0.2) is 0 Å². The number of furan rings is 1. The van der Waals surface area contributed by atoms with Gasteiger partial charge in [-0.15, -0.1) is 0 Å². The van der Waals surface area contributed by atoms with Crippen LogP contribution in [-0.2, 0) is 11.3 Å². The lowest BCUT2D eigenvalue weighted by Gasteiger charge is -2.22. The molecule has 1 aromatic heterocycles. The summed E-state index contributed by atoms with van der Waals surface area (Å²) >= 11 is 0. The molecule has 2 N–H and O–H groups in total. The molecule has 210 valence electrons. The van der Waals surface area contributed by atoms with Gasteiger partial charge in [0.05, 0.1) is 6.61 Å². The highest BCUT2D eigenvalue weighted by molar-refractivity contribution is 5.98. The smallest absolute Gasteiger partial charge is 0.287 e. The average Bonchev–Trinajstić information content (AvgIpc) is 3.53. The summed E-state index contributed by atoms with van der Waals surface area (Å²) in [5, 5.41) is 6.95. The maximum absolute atomic E-state index is 13.2. The first kappa shape index (κ1) is 28.6. The molecule has 2 aromatic carbocycles. The van der Waals surface area contributed by atoms with E-state index in [9.17, 15) is 9.59 Å². The van der Waals surface area contributed by atoms with E-state index in [1.807, 2.05) is 50.2 Å². The van der Waals surface area contributed by atoms with Crippen LogP contribution in [0.4, 0.5) is 0 Å². The Morgan fingerprint density at radius 1 is 1.13 bits per heavy atom. The highest BCUT2D eigenvalue weighted by Crippen LogP contribution is 2.20. The molecule has 0 unspecified atom stereocenters. The number of carbonyl (C=O) groups is 2. The number of likely N-dealkylation sites (tertiary alicyclic amines) is 1. The Balaban J connectivity index is 1.26. The molecule has 1 saturated heterocycles. The fourth-order valence-electron chi connectivity index (χ4n) is 4.94. The number of fused-ring (bicyclic) bond motifs is 1. The van der Waals surface area contributed by atoms with E-state index in [1.54, 1.807) is 6.07 Å². The monoisotopic (exact) mass is 534 g/mol. The minimum Gasteiger partial charge on any atom is -0.494 e. The van der Waals surface area contributed by atoms with Crippen LogP contribution < -0.4 is 15.4 Å². The molecule has 3 aromatic rings. The second-order valence-corrected chi connectivity index (χ2v) is 11.2. The van der Waals surface area contributed by atoms with Crippen LogP contribution in [0.3, 0.4) is 0 Å². The van der Waals surface area contributed by atoms with E-state index < -0.39 is 6.04 Å². The van der Waals surface area contributed by atoms with Crippen molar-refractivity contribution in [1.29, 1.82) is 0 Å². The molecule has 0 spiro atoms. The van der Waals surface area contributed by atoms with Crippen molar-refractivity contribution >= 4 is 22.8 Å². The van der Waals surface area contributed by atoms with E-state index in [0.29, 0.717) is 18.6 Å². The highest BCUT2D eigenvalue weighted by atomic mass is 16.5. The van der Waals surface area contributed by atoms with Crippen LogP contribution in [0.2, 0.25) is 0 Å². The zero-order valence-corrected chi connectivity index (χ0v) is 23.6. The lowest BCUT2D eigenvalue weighted by Crippen LogP contribution is -2.50. The number of carbonyl (C=O) groups excluding carboxylic acids is 2. The van der Waals surface area contributed by atoms with Crippen molar-refractivity contribution in [2.45, 2.75) is 51.7 Å². The molecule has 2 amide bonds. The van der Waals surface area contributed by atoms with Gasteiger partial charge in [0.25, 0.3) is 5.91 Å². The van der Waals surface area contributed by atoms with E-state index in [2.05, 4.69) is 46.7 Å². The third kappa shape index (κ3) is 8.57. The van der Waals surface area contributed by atoms with Crippen molar-refractivity contribution < 1.29 is 18.7 Å². The molecule has 8 nitrogen and oxygen atoms in total. The van der Waals surface area contributed by atoms with Gasteiger partial charge in [-0.2, -0.15) is 0 Å². The average molecular weight is 535 g/mol. The van der Waals surface area contributed by atoms with E-state index in [0.717, 1.165) is 50.2 Å². The number of benzene rings is 2. The maximum Gasteiger partial charge on any atom is 0.287 e. The quantitative estimate of drug-likeness (QED) is 0.318. The third-order valence-corrected chi connectivity index (χ3v) is 6.94. The zero-order chi connectivity index (χ0) is 27.8. The fourth-order valence-corrected chi connectivity index (χ4v) is 4.94. The van der Waals surface area contributed by atoms with E-state index in [1.165, 1.54) is 5.56 Å². The van der Waals surface area contributed by atoms with E-state index >= 15 is 0 Å². The van der Waals surface area contributed by atoms with Crippen molar-refractivity contribution in [3.05, 3.63) is 65.9 Å². The summed E-state index contributed by atoms with van der Waals surface area (Å²) in [6.07, 6.45) is 2.43. The van der Waals surface area contributed by atoms with E-state index in [-0.39, 0.29) is 29.5 Å². The third-order valence-electron chi connectivity index (χ3n) is 6.94. The molecule has 1 aliphatic heterocycles. The topological polar surface area (TPSA) is 87.0 Å². The Hall–Kier alpha value is -3.36. The molecule has 39 heavy (non-hydrogen) atoms. The minimum atomic E-state index is -0.620. The summed E-state index contributed by atoms with van der Waals surface area (Å²) in [5.74, 6) is 0.845. The number of ether oxygens (including phenoxy) is 1. The normalized spacial score (nSPS) is 16.6. The second-order valence-electron chi connectivity index (χ2n) is 11.2. The Labute approximate surface area is 231 Å². The van der Waals surface area contributed by atoms with Crippen LogP contribution in [0.15, 0.2) is 59.0 Å². The van der Waals surface area contributed by atoms with Crippen LogP contribution in [0.5, 0.6) is 5.75 Å². The van der Waals surface area contributed by atoms with Gasteiger partial charge in [0.2, 0.25) is 5.91 Å². The molecule has 0 bridgehead atoms. The summed E-state index contributed by atoms with van der Waals surface area (Å²) in [5.41, 5.74) is 1.87. The van der Waals surface area contributed by atoms with Crippen LogP contribution in [0.1, 0.15) is 49.2 Å². The Morgan fingerprint density at radius 3 is 2.62 bits per heavy atom. The van der Waals surface area contributed by atoms with Gasteiger partial charge < -0.3 is 24.7 Å². The van der Waals surface area contributed by atoms with Gasteiger partial charge in [-0.05, 0) is 69.1 Å². The summed E-state index contributed by atoms with van der Waals surface area (Å²) < 4.78 is 11.5. The minimum absolute atomic E-state index is 0.0505. The number of rotatable bonds is 13. The summed E-state index contributed by atoms with van der Waals surface area (Å²) in [6, 6.07) is 16.9. The molecule has 0 saturated carbocycles. The number of para-hydroxylation sites is 1. The molecule has 1 fully saturated rings. The number of hydrogen-bond acceptors (Lipinski definition) is 6. The van der Waals surface area contributed by atoms with Gasteiger partial charge in [-0.1, -0.05) is 44.2 Å². The number of hydrogen-bond donors (Lipinski definition) is 2. The van der Waals surface area contributed by atoms with Crippen molar-refractivity contribution in [1.82, 2.24) is 20.4 Å². The van der Waals surface area contributed by atoms with Gasteiger partial charge in [-0.3, -0.25) is 14.5 Å². The number of nitrogens with zero attached hydrogens (tertiary/aromatic N) is 2. The number of amides is 2. The maximum atomic E-state index is 13.2. The first-order valence-corrected chi connectivity index (χ1v) is 14.0. The molecule has 2 heterocycles. The van der Waals surface area contributed by atoms with Crippen molar-refractivity contribution in [3.63, 3.8) is 0 Å². The first-order chi connectivity index (χ1) is 18.8. The molecule has 0 radical (unpaired) electrons. The van der Waals surface area contributed by atoms with Gasteiger partial charge >= 0.3 is 0 Å². The molecule has 2 atom stereocenters. The molecular formula is C31H42N4O4. The highest BCUT2D eigenvalue weighted by Gasteiger charge is 2.29. The lowest BCUT2D eigenvalue weighted by atomic mass is 10.0. The Bertz CT molecular complexity index is 1190. The van der Waals surface area contributed by atoms with Crippen LogP contribution in [0.25, 0.3) is 11.0 Å². The predicted octanol–water partition coefficient (Wildman–Crippen LogP) is 4.30. The van der Waals surface area contributed by atoms with Gasteiger partial charge in [0.1, 0.15) is 17.4 Å². The largest absolute Gasteiger partial charge is 0.494 e. The molecule has 4 rings (SSSR count). The standard InChI is InChI=1S/C31H42N4O4/c1-22(2)18-27(33-31(37)29-19-24-8-5-6-9-28(24)39-29)30(36)32-25-14-16-35(21-25)20-23-10-12-26(13-11-23)38-17-7-15-34(3)4/h5-6,8-13,19,22,25,27H,7,14-18,20-21H2,1-4H3,(H,32,36)(H,33,37)/t25-,27+/m1/s1. The van der Waals surface area contributed by atoms with Crippen molar-refractivity contribution in [2.24, 2.45) is 5.92 Å². The van der Waals surface area contributed by atoms with Crippen molar-refractivity contribution in [3.8, 4) is 5.75 Å². The summed E-state index contributed by atoms with van der Waals surface area (Å²) in [6.45, 7) is 8.33. The van der Waals surface area contributed by atoms with Crippen LogP contribution >= 0.6 is 0 Å². The fraction of sp³-hybridized carbons (Fsp3) is 0.484. The predicted molar refractivity (Wildman–Crippen MR) is 154 cm³/mol. The molecular weight excluding hydrogens is 492 g/mol. The number of nitrogens with one attached hydrogen (secondary N) is 2. The van der Waals surface area contributed by atoms with Gasteiger partial charge in [0.15, 0.2) is 5.76 Å². The Kier molecular flexibility index (Phi) is 10.0. The summed E-state index contributed by atoms with van der Waals surface area (Å²) in [7, 11) is 4.13. The van der Waals surface area contributed by atoms with Crippen molar-refractivity contribution in [2.75, 3.05) is 40.3 Å². The summed E-state index contributed by atoms with van der Waals surface area (Å²) in [4.78, 5) is 30.7. The van der Waals surface area contributed by atoms with E-state index in [4.69, 9.17) is 9.15 Å². The zero-order valence-electron chi connectivity index (χ0n) is 23.6. The first-order valence-electron chi connectivity index (χ1n) is 14.0. The van der Waals surface area contributed by atoms with Crippen LogP contribution in [-0.4, -0.2) is 74.0 Å². The van der Waals surface area contributed by atoms with Crippen LogP contribution in [0, 0.1) is 5.92 Å². The second kappa shape index (κ2) is 13.6. The lowest BCUT2D eigenvalue weighted by molar-refractivity contribution is -0.124. The Morgan fingerprint density at radius 2 is 1.90 bits per heavy atom. The SMILES string of the molecule is CC(C)C[C@H](NC(=O)c1cc2ccccc2o1)C(=O)N[C@@H]1CCN(Cc2ccc(OCCCN(C)C)cc2)C1. The van der Waals surface area contributed by atoms with Gasteiger partial charge in [0, 0.05) is 37.6 Å². The molecule has 1 aliphatic rings. The molecule has 8 heteroatoms. The molecule has 0 aliphatic carbocycles.